The standard InChI is InChI=1S/2C18H15Cl2N3O2/c2*19-12-5-9(7-22-17(12)20)23-18(24)14-13(8-1-3-21-4-2-8)15-10-6-11(10)16(14)25-15/h2*1-5,7,10-11,13-16H,6H2,(H,23,24)/t10?,11-,13-,14+,15+,16-;10-,11+,13+,14-,15-,16+/m00/s1. The number of ether oxygens (including phenoxy) is 2. The van der Waals surface area contributed by atoms with Crippen LogP contribution in [-0.4, -0.2) is 56.2 Å². The molecular weight excluding hydrogens is 722 g/mol. The van der Waals surface area contributed by atoms with Gasteiger partial charge in [0.2, 0.25) is 11.8 Å². The maximum atomic E-state index is 13.0. The van der Waals surface area contributed by atoms with E-state index in [4.69, 9.17) is 55.9 Å². The van der Waals surface area contributed by atoms with E-state index in [-0.39, 0.29) is 70.2 Å². The topological polar surface area (TPSA) is 128 Å². The Kier molecular flexibility index (Phi) is 8.25. The molecule has 6 fully saturated rings. The third-order valence-corrected chi connectivity index (χ3v) is 12.6. The lowest BCUT2D eigenvalue weighted by Crippen LogP contribution is -2.37. The number of amides is 2. The summed E-state index contributed by atoms with van der Waals surface area (Å²) in [4.78, 5) is 42.2. The van der Waals surface area contributed by atoms with Crippen LogP contribution in [0.25, 0.3) is 0 Å². The number of aromatic nitrogens is 4. The molecule has 2 aliphatic carbocycles. The van der Waals surface area contributed by atoms with Crippen LogP contribution in [0.4, 0.5) is 11.4 Å². The number of nitrogens with zero attached hydrogens (tertiary/aromatic N) is 4. The molecule has 4 aromatic rings. The van der Waals surface area contributed by atoms with Crippen LogP contribution in [0, 0.1) is 35.5 Å². The quantitative estimate of drug-likeness (QED) is 0.200. The first-order chi connectivity index (χ1) is 24.3. The van der Waals surface area contributed by atoms with Gasteiger partial charge in [0, 0.05) is 36.6 Å². The van der Waals surface area contributed by atoms with Crippen molar-refractivity contribution in [1.82, 2.24) is 19.9 Å². The first-order valence-electron chi connectivity index (χ1n) is 16.6. The van der Waals surface area contributed by atoms with Gasteiger partial charge in [-0.25, -0.2) is 9.97 Å². The minimum absolute atomic E-state index is 0.0103. The van der Waals surface area contributed by atoms with Crippen LogP contribution in [0.2, 0.25) is 20.4 Å². The summed E-state index contributed by atoms with van der Waals surface area (Å²) in [5.74, 6) is 1.81. The van der Waals surface area contributed by atoms with E-state index in [2.05, 4.69) is 30.6 Å². The zero-order chi connectivity index (χ0) is 34.3. The van der Waals surface area contributed by atoms with Crippen molar-refractivity contribution in [2.45, 2.75) is 49.1 Å². The molecule has 4 saturated heterocycles. The van der Waals surface area contributed by atoms with E-state index in [0.717, 1.165) is 24.0 Å². The van der Waals surface area contributed by atoms with Gasteiger partial charge in [-0.05, 0) is 84.0 Å². The number of halogens is 4. The minimum Gasteiger partial charge on any atom is -0.373 e. The largest absolute Gasteiger partial charge is 0.373 e. The molecule has 50 heavy (non-hydrogen) atoms. The van der Waals surface area contributed by atoms with Crippen LogP contribution in [0.15, 0.2) is 73.6 Å². The van der Waals surface area contributed by atoms with E-state index in [1.165, 1.54) is 12.4 Å². The summed E-state index contributed by atoms with van der Waals surface area (Å²) in [7, 11) is 0. The zero-order valence-electron chi connectivity index (χ0n) is 26.2. The van der Waals surface area contributed by atoms with E-state index in [1.807, 2.05) is 24.3 Å². The second-order valence-electron chi connectivity index (χ2n) is 13.9. The Labute approximate surface area is 307 Å². The maximum absolute atomic E-state index is 13.0. The fraction of sp³-hybridized carbons (Fsp3) is 0.389. The van der Waals surface area contributed by atoms with Gasteiger partial charge in [-0.3, -0.25) is 19.6 Å². The van der Waals surface area contributed by atoms with Gasteiger partial charge in [0.1, 0.15) is 10.3 Å². The first kappa shape index (κ1) is 32.5. The number of pyridine rings is 4. The summed E-state index contributed by atoms with van der Waals surface area (Å²) in [6.45, 7) is 0. The highest BCUT2D eigenvalue weighted by atomic mass is 35.5. The van der Waals surface area contributed by atoms with Crippen molar-refractivity contribution >= 4 is 69.6 Å². The molecule has 4 aliphatic heterocycles. The van der Waals surface area contributed by atoms with Gasteiger partial charge >= 0.3 is 0 Å². The Bertz CT molecular complexity index is 1840. The molecular formula is C36H30Cl4N6O4. The summed E-state index contributed by atoms with van der Waals surface area (Å²) in [5.41, 5.74) is 3.31. The summed E-state index contributed by atoms with van der Waals surface area (Å²) < 4.78 is 12.3. The summed E-state index contributed by atoms with van der Waals surface area (Å²) >= 11 is 23.7. The van der Waals surface area contributed by atoms with Crippen LogP contribution in [0.1, 0.15) is 35.8 Å². The average molecular weight is 752 g/mol. The molecule has 2 saturated carbocycles. The van der Waals surface area contributed by atoms with Crippen LogP contribution in [0.3, 0.4) is 0 Å². The predicted molar refractivity (Wildman–Crippen MR) is 187 cm³/mol. The van der Waals surface area contributed by atoms with Crippen LogP contribution in [0.5, 0.6) is 0 Å². The van der Waals surface area contributed by atoms with Gasteiger partial charge in [-0.1, -0.05) is 46.4 Å². The van der Waals surface area contributed by atoms with Gasteiger partial charge in [0.15, 0.2) is 0 Å². The number of hydrogen-bond acceptors (Lipinski definition) is 8. The van der Waals surface area contributed by atoms with Crippen molar-refractivity contribution in [1.29, 1.82) is 0 Å². The molecule has 2 amide bonds. The lowest BCUT2D eigenvalue weighted by atomic mass is 9.75. The Hall–Kier alpha value is -3.38. The van der Waals surface area contributed by atoms with Gasteiger partial charge in [-0.2, -0.15) is 0 Å². The van der Waals surface area contributed by atoms with Crippen molar-refractivity contribution in [2.75, 3.05) is 10.6 Å². The molecule has 2 N–H and O–H groups in total. The molecule has 0 radical (unpaired) electrons. The summed E-state index contributed by atoms with van der Waals surface area (Å²) in [6, 6.07) is 11.1. The number of carbonyl (C=O) groups excluding carboxylic acids is 2. The van der Waals surface area contributed by atoms with Gasteiger partial charge in [0.25, 0.3) is 0 Å². The Morgan fingerprint density at radius 2 is 0.980 bits per heavy atom. The highest BCUT2D eigenvalue weighted by Crippen LogP contribution is 2.66. The number of hydrogen-bond donors (Lipinski definition) is 2. The molecule has 10 rings (SSSR count). The van der Waals surface area contributed by atoms with Crippen molar-refractivity contribution in [3.63, 3.8) is 0 Å². The number of fused-ring (bicyclic) bond motifs is 10. The lowest BCUT2D eigenvalue weighted by Gasteiger charge is -2.27. The number of rotatable bonds is 6. The molecule has 4 aromatic heterocycles. The minimum atomic E-state index is -0.217. The summed E-state index contributed by atoms with van der Waals surface area (Å²) in [6.07, 6.45) is 12.7. The predicted octanol–water partition coefficient (Wildman–Crippen LogP) is 7.08. The second-order valence-corrected chi connectivity index (χ2v) is 15.4. The molecule has 256 valence electrons. The smallest absolute Gasteiger partial charge is 0.230 e. The highest BCUT2D eigenvalue weighted by molar-refractivity contribution is 6.41. The van der Waals surface area contributed by atoms with Crippen LogP contribution < -0.4 is 10.6 Å². The molecule has 6 aliphatic rings. The van der Waals surface area contributed by atoms with Crippen molar-refractivity contribution in [2.24, 2.45) is 35.5 Å². The van der Waals surface area contributed by atoms with Crippen molar-refractivity contribution < 1.29 is 19.1 Å². The van der Waals surface area contributed by atoms with E-state index in [1.54, 1.807) is 36.9 Å². The molecule has 0 aromatic carbocycles. The van der Waals surface area contributed by atoms with Gasteiger partial charge < -0.3 is 20.1 Å². The monoisotopic (exact) mass is 750 g/mol. The molecule has 8 heterocycles. The van der Waals surface area contributed by atoms with E-state index in [9.17, 15) is 9.59 Å². The Morgan fingerprint density at radius 1 is 0.600 bits per heavy atom. The SMILES string of the molecule is O=C(Nc1cnc(Cl)c(Cl)c1)[C@@H]1[C@@H]2O[C@@H]([C@H]3C[C@H]32)[C@@H]1c1ccncc1.O=C(Nc1cnc(Cl)c(Cl)c1)[C@H]1[C@H]2O[C@H](C3C[C@@H]32)[C@H]1c1ccncc1. The molecule has 4 bridgehead atoms. The van der Waals surface area contributed by atoms with Crippen LogP contribution in [-0.2, 0) is 19.1 Å². The van der Waals surface area contributed by atoms with Gasteiger partial charge in [0.05, 0.1) is 70.1 Å². The third kappa shape index (κ3) is 5.65. The second kappa shape index (κ2) is 12.7. The van der Waals surface area contributed by atoms with Gasteiger partial charge in [-0.15, -0.1) is 0 Å². The number of anilines is 2. The maximum Gasteiger partial charge on any atom is 0.230 e. The zero-order valence-corrected chi connectivity index (χ0v) is 29.2. The van der Waals surface area contributed by atoms with Crippen molar-refractivity contribution in [3.05, 3.63) is 105 Å². The van der Waals surface area contributed by atoms with E-state index >= 15 is 0 Å². The third-order valence-electron chi connectivity index (χ3n) is 11.2. The molecule has 14 heteroatoms. The Morgan fingerprint density at radius 3 is 1.36 bits per heavy atom. The van der Waals surface area contributed by atoms with Crippen molar-refractivity contribution in [3.8, 4) is 0 Å². The van der Waals surface area contributed by atoms with E-state index in [0.29, 0.717) is 45.1 Å². The molecule has 0 spiro atoms. The normalized spacial score (nSPS) is 34.6. The Balaban J connectivity index is 0.000000135. The fourth-order valence-corrected chi connectivity index (χ4v) is 9.53. The van der Waals surface area contributed by atoms with Crippen LogP contribution >= 0.6 is 46.4 Å². The lowest BCUT2D eigenvalue weighted by molar-refractivity contribution is -0.122. The average Bonchev–Trinajstić information content (AvgIpc) is 3.96. The fourth-order valence-electron chi connectivity index (χ4n) is 8.99. The molecule has 10 nitrogen and oxygen atoms in total. The molecule has 1 unspecified atom stereocenters. The molecule has 12 atom stereocenters. The van der Waals surface area contributed by atoms with E-state index < -0.39 is 0 Å². The first-order valence-corrected chi connectivity index (χ1v) is 18.1. The summed E-state index contributed by atoms with van der Waals surface area (Å²) in [5, 5.41) is 6.94. The number of nitrogens with one attached hydrogen (secondary N) is 2. The highest BCUT2D eigenvalue weighted by Gasteiger charge is 2.69. The number of carbonyl (C=O) groups is 2.